The van der Waals surface area contributed by atoms with Crippen LogP contribution in [0.25, 0.3) is 98.8 Å². The summed E-state index contributed by atoms with van der Waals surface area (Å²) in [5, 5.41) is 9.80. The van der Waals surface area contributed by atoms with Gasteiger partial charge in [0.25, 0.3) is 0 Å². The minimum Gasteiger partial charge on any atom is -0.456 e. The van der Waals surface area contributed by atoms with Crippen LogP contribution in [0.5, 0.6) is 0 Å². The van der Waals surface area contributed by atoms with Gasteiger partial charge in [0.05, 0.1) is 0 Å². The van der Waals surface area contributed by atoms with Crippen molar-refractivity contribution in [2.45, 2.75) is 0 Å². The third kappa shape index (κ3) is 6.38. The molecule has 0 amide bonds. The average Bonchev–Trinajstić information content (AvgIpc) is 3.72. The van der Waals surface area contributed by atoms with Gasteiger partial charge in [-0.3, -0.25) is 0 Å². The average molecular weight is 790 g/mol. The Kier molecular flexibility index (Phi) is 8.53. The van der Waals surface area contributed by atoms with Crippen LogP contribution in [-0.4, -0.2) is 0 Å². The first-order valence-electron chi connectivity index (χ1n) is 21.2. The van der Waals surface area contributed by atoms with Crippen LogP contribution in [0.4, 0.5) is 17.1 Å². The molecule has 0 bridgehead atoms. The Balaban J connectivity index is 0.930. The number of nitrogens with zero attached hydrogens (tertiary/aromatic N) is 1. The predicted molar refractivity (Wildman–Crippen MR) is 263 cm³/mol. The highest BCUT2D eigenvalue weighted by molar-refractivity contribution is 6.09. The Labute approximate surface area is 360 Å². The van der Waals surface area contributed by atoms with Crippen LogP contribution < -0.4 is 4.90 Å². The van der Waals surface area contributed by atoms with Crippen molar-refractivity contribution in [3.05, 3.63) is 237 Å². The Morgan fingerprint density at radius 2 is 0.694 bits per heavy atom. The monoisotopic (exact) mass is 789 g/mol. The number of rotatable bonds is 7. The summed E-state index contributed by atoms with van der Waals surface area (Å²) < 4.78 is 6.18. The summed E-state index contributed by atoms with van der Waals surface area (Å²) in [6.07, 6.45) is 0. The van der Waals surface area contributed by atoms with Gasteiger partial charge in [0.1, 0.15) is 11.2 Å². The molecular weight excluding hydrogens is 751 g/mol. The lowest BCUT2D eigenvalue weighted by molar-refractivity contribution is 0.669. The fourth-order valence-corrected chi connectivity index (χ4v) is 9.22. The van der Waals surface area contributed by atoms with E-state index in [0.717, 1.165) is 50.1 Å². The zero-order valence-electron chi connectivity index (χ0n) is 33.9. The van der Waals surface area contributed by atoms with Crippen molar-refractivity contribution in [2.24, 2.45) is 0 Å². The molecule has 0 aliphatic heterocycles. The maximum atomic E-state index is 6.18. The van der Waals surface area contributed by atoms with Crippen LogP contribution >= 0.6 is 0 Å². The molecular formula is C60H39NO. The van der Waals surface area contributed by atoms with Gasteiger partial charge in [-0.2, -0.15) is 0 Å². The van der Waals surface area contributed by atoms with Gasteiger partial charge in [0, 0.05) is 27.8 Å². The lowest BCUT2D eigenvalue weighted by Gasteiger charge is -2.27. The Hall–Kier alpha value is -8.20. The molecule has 1 heterocycles. The Morgan fingerprint density at radius 1 is 0.226 bits per heavy atom. The zero-order valence-corrected chi connectivity index (χ0v) is 33.9. The SMILES string of the molecule is c1cc(-c2ccc3c(ccc4ccccc43)c2)cc(N(c2ccc(-c3ccc(-c4ccc5ccccc5c4)cc3)cc2)c2cccc(-c3ccc4oc5ccccc5c4c3)c2)c1. The van der Waals surface area contributed by atoms with Gasteiger partial charge < -0.3 is 9.32 Å². The molecule has 12 rings (SSSR count). The molecule has 0 atom stereocenters. The number of benzene rings is 11. The fraction of sp³-hybridized carbons (Fsp3) is 0. The first-order chi connectivity index (χ1) is 30.7. The van der Waals surface area contributed by atoms with E-state index in [4.69, 9.17) is 4.42 Å². The molecule has 2 heteroatoms. The number of hydrogen-bond acceptors (Lipinski definition) is 2. The molecule has 1 aromatic heterocycles. The standard InChI is InChI=1S/C60H39NO/c1-2-11-45-35-48(25-23-40(45)9-1)43-21-19-41(20-22-43)42-27-31-52(32-28-42)61(54-15-8-13-47(38-54)50-30-34-60-58(39-50)57-17-5-6-18-59(57)62-60)53-14-7-12-46(37-53)49-29-33-56-51(36-49)26-24-44-10-3-4-16-55(44)56/h1-39H. The molecule has 0 unspecified atom stereocenters. The van der Waals surface area contributed by atoms with Crippen LogP contribution in [-0.2, 0) is 0 Å². The number of anilines is 3. The highest BCUT2D eigenvalue weighted by Crippen LogP contribution is 2.41. The molecule has 0 radical (unpaired) electrons. The molecule has 0 saturated carbocycles. The molecule has 62 heavy (non-hydrogen) atoms. The van der Waals surface area contributed by atoms with Crippen molar-refractivity contribution >= 4 is 71.3 Å². The third-order valence-electron chi connectivity index (χ3n) is 12.4. The van der Waals surface area contributed by atoms with Crippen LogP contribution in [0.3, 0.4) is 0 Å². The topological polar surface area (TPSA) is 16.4 Å². The summed E-state index contributed by atoms with van der Waals surface area (Å²) in [5.74, 6) is 0. The van der Waals surface area contributed by atoms with E-state index >= 15 is 0 Å². The van der Waals surface area contributed by atoms with E-state index in [1.807, 2.05) is 12.1 Å². The molecule has 0 fully saturated rings. The molecule has 290 valence electrons. The van der Waals surface area contributed by atoms with Crippen molar-refractivity contribution in [2.75, 3.05) is 4.90 Å². The van der Waals surface area contributed by atoms with E-state index in [2.05, 4.69) is 229 Å². The van der Waals surface area contributed by atoms with Gasteiger partial charge in [-0.25, -0.2) is 0 Å². The third-order valence-corrected chi connectivity index (χ3v) is 12.4. The molecule has 0 N–H and O–H groups in total. The highest BCUT2D eigenvalue weighted by Gasteiger charge is 2.16. The number of furan rings is 1. The largest absolute Gasteiger partial charge is 0.456 e. The van der Waals surface area contributed by atoms with Crippen molar-refractivity contribution in [1.82, 2.24) is 0 Å². The fourth-order valence-electron chi connectivity index (χ4n) is 9.22. The van der Waals surface area contributed by atoms with Gasteiger partial charge in [-0.1, -0.05) is 170 Å². The Morgan fingerprint density at radius 3 is 1.45 bits per heavy atom. The van der Waals surface area contributed by atoms with Crippen LogP contribution in [0.15, 0.2) is 241 Å². The van der Waals surface area contributed by atoms with E-state index < -0.39 is 0 Å². The summed E-state index contributed by atoms with van der Waals surface area (Å²) in [6, 6.07) is 85.7. The molecule has 0 aliphatic rings. The summed E-state index contributed by atoms with van der Waals surface area (Å²) in [4.78, 5) is 2.37. The maximum Gasteiger partial charge on any atom is 0.135 e. The second-order valence-corrected chi connectivity index (χ2v) is 16.2. The smallest absolute Gasteiger partial charge is 0.135 e. The molecule has 11 aromatic carbocycles. The normalized spacial score (nSPS) is 11.5. The van der Waals surface area contributed by atoms with Crippen molar-refractivity contribution < 1.29 is 4.42 Å². The van der Waals surface area contributed by atoms with Crippen molar-refractivity contribution in [3.8, 4) is 44.5 Å². The second-order valence-electron chi connectivity index (χ2n) is 16.2. The lowest BCUT2D eigenvalue weighted by Crippen LogP contribution is -2.10. The van der Waals surface area contributed by atoms with E-state index in [9.17, 15) is 0 Å². The van der Waals surface area contributed by atoms with Crippen LogP contribution in [0.2, 0.25) is 0 Å². The molecule has 12 aromatic rings. The summed E-state index contributed by atoms with van der Waals surface area (Å²) >= 11 is 0. The second kappa shape index (κ2) is 14.8. The minimum atomic E-state index is 0.898. The van der Waals surface area contributed by atoms with Gasteiger partial charge in [0.2, 0.25) is 0 Å². The summed E-state index contributed by atoms with van der Waals surface area (Å²) in [5.41, 5.74) is 14.5. The Bertz CT molecular complexity index is 3630. The zero-order chi connectivity index (χ0) is 41.0. The summed E-state index contributed by atoms with van der Waals surface area (Å²) in [7, 11) is 0. The highest BCUT2D eigenvalue weighted by atomic mass is 16.3. The van der Waals surface area contributed by atoms with Crippen molar-refractivity contribution in [1.29, 1.82) is 0 Å². The first kappa shape index (κ1) is 35.7. The maximum absolute atomic E-state index is 6.18. The van der Waals surface area contributed by atoms with Gasteiger partial charge >= 0.3 is 0 Å². The molecule has 2 nitrogen and oxygen atoms in total. The van der Waals surface area contributed by atoms with E-state index in [0.29, 0.717) is 0 Å². The quantitative estimate of drug-likeness (QED) is 0.150. The molecule has 0 saturated heterocycles. The van der Waals surface area contributed by atoms with Crippen LogP contribution in [0.1, 0.15) is 0 Å². The first-order valence-corrected chi connectivity index (χ1v) is 21.2. The van der Waals surface area contributed by atoms with E-state index in [1.54, 1.807) is 0 Å². The minimum absolute atomic E-state index is 0.898. The predicted octanol–water partition coefficient (Wildman–Crippen LogP) is 17.2. The van der Waals surface area contributed by atoms with Gasteiger partial charge in [-0.15, -0.1) is 0 Å². The molecule has 0 spiro atoms. The molecule has 0 aliphatic carbocycles. The van der Waals surface area contributed by atoms with Crippen LogP contribution in [0, 0.1) is 0 Å². The van der Waals surface area contributed by atoms with Crippen molar-refractivity contribution in [3.63, 3.8) is 0 Å². The number of fused-ring (bicyclic) bond motifs is 7. The number of hydrogen-bond donors (Lipinski definition) is 0. The van der Waals surface area contributed by atoms with E-state index in [-0.39, 0.29) is 0 Å². The van der Waals surface area contributed by atoms with E-state index in [1.165, 1.54) is 65.7 Å². The lowest BCUT2D eigenvalue weighted by atomic mass is 9.97. The van der Waals surface area contributed by atoms with Gasteiger partial charge in [-0.05, 0) is 144 Å². The number of para-hydroxylation sites is 1. The summed E-state index contributed by atoms with van der Waals surface area (Å²) in [6.45, 7) is 0. The van der Waals surface area contributed by atoms with Gasteiger partial charge in [0.15, 0.2) is 0 Å².